The minimum absolute atomic E-state index is 0.0336. The van der Waals surface area contributed by atoms with Gasteiger partial charge in [-0.25, -0.2) is 0 Å². The van der Waals surface area contributed by atoms with Crippen LogP contribution in [-0.4, -0.2) is 25.2 Å². The average Bonchev–Trinajstić information content (AvgIpc) is 2.92. The summed E-state index contributed by atoms with van der Waals surface area (Å²) < 4.78 is 5.62. The molecule has 1 aliphatic rings. The standard InChI is InChI=1S/C15H20ClNO2/c1-2-14-13(6-7-19-14)10-17-15(18)12-5-3-4-11(8-12)9-16/h3-5,8,13-14H,2,6-7,9-10H2,1H3,(H,17,18). The van der Waals surface area contributed by atoms with Crippen LogP contribution in [0, 0.1) is 5.92 Å². The van der Waals surface area contributed by atoms with Gasteiger partial charge in [0.2, 0.25) is 0 Å². The van der Waals surface area contributed by atoms with E-state index in [9.17, 15) is 4.79 Å². The summed E-state index contributed by atoms with van der Waals surface area (Å²) in [6.45, 7) is 3.61. The predicted octanol–water partition coefficient (Wildman–Crippen LogP) is 2.97. The van der Waals surface area contributed by atoms with Crippen molar-refractivity contribution in [2.75, 3.05) is 13.2 Å². The summed E-state index contributed by atoms with van der Waals surface area (Å²) in [5.41, 5.74) is 1.63. The Balaban J connectivity index is 1.90. The summed E-state index contributed by atoms with van der Waals surface area (Å²) in [5.74, 6) is 0.828. The molecule has 0 aromatic heterocycles. The van der Waals surface area contributed by atoms with E-state index in [1.807, 2.05) is 24.3 Å². The van der Waals surface area contributed by atoms with Crippen LogP contribution in [0.2, 0.25) is 0 Å². The molecule has 1 heterocycles. The number of hydrogen-bond acceptors (Lipinski definition) is 2. The highest BCUT2D eigenvalue weighted by Crippen LogP contribution is 2.22. The van der Waals surface area contributed by atoms with E-state index in [1.165, 1.54) is 0 Å². The Morgan fingerprint density at radius 3 is 3.11 bits per heavy atom. The third-order valence-corrected chi connectivity index (χ3v) is 3.93. The topological polar surface area (TPSA) is 38.3 Å². The van der Waals surface area contributed by atoms with Crippen LogP contribution >= 0.6 is 11.6 Å². The molecule has 0 aliphatic carbocycles. The van der Waals surface area contributed by atoms with Crippen molar-refractivity contribution in [3.05, 3.63) is 35.4 Å². The second-order valence-corrected chi connectivity index (χ2v) is 5.18. The third-order valence-electron chi connectivity index (χ3n) is 3.62. The van der Waals surface area contributed by atoms with Gasteiger partial charge >= 0.3 is 0 Å². The monoisotopic (exact) mass is 281 g/mol. The quantitative estimate of drug-likeness (QED) is 0.843. The highest BCUT2D eigenvalue weighted by molar-refractivity contribution is 6.17. The Labute approximate surface area is 119 Å². The molecule has 2 rings (SSSR count). The van der Waals surface area contributed by atoms with Gasteiger partial charge in [0.25, 0.3) is 5.91 Å². The van der Waals surface area contributed by atoms with E-state index in [2.05, 4.69) is 12.2 Å². The van der Waals surface area contributed by atoms with Gasteiger partial charge in [0.1, 0.15) is 0 Å². The lowest BCUT2D eigenvalue weighted by Crippen LogP contribution is -2.32. The molecule has 2 atom stereocenters. The largest absolute Gasteiger partial charge is 0.378 e. The maximum absolute atomic E-state index is 12.1. The second kappa shape index (κ2) is 6.92. The lowest BCUT2D eigenvalue weighted by Gasteiger charge is -2.17. The maximum Gasteiger partial charge on any atom is 0.251 e. The molecule has 0 radical (unpaired) electrons. The fourth-order valence-electron chi connectivity index (χ4n) is 2.50. The first kappa shape index (κ1) is 14.4. The average molecular weight is 282 g/mol. The van der Waals surface area contributed by atoms with E-state index in [0.717, 1.165) is 25.0 Å². The summed E-state index contributed by atoms with van der Waals surface area (Å²) in [5, 5.41) is 2.99. The third kappa shape index (κ3) is 3.71. The van der Waals surface area contributed by atoms with Gasteiger partial charge in [-0.2, -0.15) is 0 Å². The van der Waals surface area contributed by atoms with Gasteiger partial charge in [-0.15, -0.1) is 11.6 Å². The first-order valence-corrected chi connectivity index (χ1v) is 7.32. The number of amides is 1. The van der Waals surface area contributed by atoms with E-state index in [1.54, 1.807) is 0 Å². The van der Waals surface area contributed by atoms with Crippen molar-refractivity contribution in [2.24, 2.45) is 5.92 Å². The smallest absolute Gasteiger partial charge is 0.251 e. The molecule has 1 fully saturated rings. The molecule has 2 unspecified atom stereocenters. The van der Waals surface area contributed by atoms with Crippen LogP contribution in [0.3, 0.4) is 0 Å². The van der Waals surface area contributed by atoms with E-state index >= 15 is 0 Å². The van der Waals surface area contributed by atoms with Crippen LogP contribution < -0.4 is 5.32 Å². The van der Waals surface area contributed by atoms with Crippen LogP contribution in [0.25, 0.3) is 0 Å². The number of carbonyl (C=O) groups is 1. The van der Waals surface area contributed by atoms with Crippen LogP contribution in [0.4, 0.5) is 0 Å². The molecule has 1 aromatic rings. The molecule has 0 saturated carbocycles. The number of ether oxygens (including phenoxy) is 1. The summed E-state index contributed by atoms with van der Waals surface area (Å²) in [6.07, 6.45) is 2.32. The Morgan fingerprint density at radius 1 is 1.53 bits per heavy atom. The van der Waals surface area contributed by atoms with Crippen molar-refractivity contribution in [3.63, 3.8) is 0 Å². The number of halogens is 1. The molecular formula is C15H20ClNO2. The van der Waals surface area contributed by atoms with E-state index in [-0.39, 0.29) is 12.0 Å². The second-order valence-electron chi connectivity index (χ2n) is 4.91. The van der Waals surface area contributed by atoms with Gasteiger partial charge < -0.3 is 10.1 Å². The lowest BCUT2D eigenvalue weighted by atomic mass is 9.99. The van der Waals surface area contributed by atoms with Crippen molar-refractivity contribution in [1.29, 1.82) is 0 Å². The van der Waals surface area contributed by atoms with Crippen LogP contribution in [-0.2, 0) is 10.6 Å². The summed E-state index contributed by atoms with van der Waals surface area (Å²) >= 11 is 5.77. The zero-order valence-electron chi connectivity index (χ0n) is 11.2. The van der Waals surface area contributed by atoms with Crippen LogP contribution in [0.1, 0.15) is 35.7 Å². The molecule has 1 amide bonds. The Morgan fingerprint density at radius 2 is 2.37 bits per heavy atom. The molecule has 1 aliphatic heterocycles. The zero-order valence-corrected chi connectivity index (χ0v) is 12.0. The molecule has 1 saturated heterocycles. The van der Waals surface area contributed by atoms with E-state index in [0.29, 0.717) is 23.9 Å². The SMILES string of the molecule is CCC1OCCC1CNC(=O)c1cccc(CCl)c1. The Hall–Kier alpha value is -1.06. The summed E-state index contributed by atoms with van der Waals surface area (Å²) in [6, 6.07) is 7.43. The van der Waals surface area contributed by atoms with Gasteiger partial charge in [0, 0.05) is 30.5 Å². The molecule has 1 N–H and O–H groups in total. The van der Waals surface area contributed by atoms with Gasteiger partial charge in [-0.1, -0.05) is 19.1 Å². The van der Waals surface area contributed by atoms with E-state index in [4.69, 9.17) is 16.3 Å². The first-order valence-electron chi connectivity index (χ1n) is 6.79. The van der Waals surface area contributed by atoms with Gasteiger partial charge in [0.15, 0.2) is 0 Å². The highest BCUT2D eigenvalue weighted by Gasteiger charge is 2.26. The molecule has 3 nitrogen and oxygen atoms in total. The molecular weight excluding hydrogens is 262 g/mol. The highest BCUT2D eigenvalue weighted by atomic mass is 35.5. The maximum atomic E-state index is 12.1. The number of rotatable bonds is 5. The van der Waals surface area contributed by atoms with Crippen molar-refractivity contribution >= 4 is 17.5 Å². The lowest BCUT2D eigenvalue weighted by molar-refractivity contribution is 0.0827. The predicted molar refractivity (Wildman–Crippen MR) is 76.5 cm³/mol. The molecule has 19 heavy (non-hydrogen) atoms. The number of alkyl halides is 1. The number of benzene rings is 1. The normalized spacial score (nSPS) is 22.4. The van der Waals surface area contributed by atoms with Crippen molar-refractivity contribution in [3.8, 4) is 0 Å². The summed E-state index contributed by atoms with van der Waals surface area (Å²) in [4.78, 5) is 12.1. The molecule has 0 bridgehead atoms. The summed E-state index contributed by atoms with van der Waals surface area (Å²) in [7, 11) is 0. The van der Waals surface area contributed by atoms with Gasteiger partial charge in [-0.3, -0.25) is 4.79 Å². The van der Waals surface area contributed by atoms with Gasteiger partial charge in [0.05, 0.1) is 6.10 Å². The minimum Gasteiger partial charge on any atom is -0.378 e. The van der Waals surface area contributed by atoms with Gasteiger partial charge in [-0.05, 0) is 30.5 Å². The fraction of sp³-hybridized carbons (Fsp3) is 0.533. The zero-order chi connectivity index (χ0) is 13.7. The Bertz CT molecular complexity index is 436. The molecule has 0 spiro atoms. The van der Waals surface area contributed by atoms with Crippen molar-refractivity contribution < 1.29 is 9.53 Å². The number of nitrogens with one attached hydrogen (secondary N) is 1. The molecule has 1 aromatic carbocycles. The molecule has 104 valence electrons. The number of carbonyl (C=O) groups excluding carboxylic acids is 1. The van der Waals surface area contributed by atoms with E-state index < -0.39 is 0 Å². The van der Waals surface area contributed by atoms with Crippen molar-refractivity contribution in [2.45, 2.75) is 31.7 Å². The number of hydrogen-bond donors (Lipinski definition) is 1. The Kier molecular flexibility index (Phi) is 5.23. The van der Waals surface area contributed by atoms with Crippen LogP contribution in [0.15, 0.2) is 24.3 Å². The minimum atomic E-state index is -0.0336. The molecule has 4 heteroatoms. The first-order chi connectivity index (χ1) is 9.24. The van der Waals surface area contributed by atoms with Crippen LogP contribution in [0.5, 0.6) is 0 Å². The van der Waals surface area contributed by atoms with Crippen molar-refractivity contribution in [1.82, 2.24) is 5.32 Å². The fourth-order valence-corrected chi connectivity index (χ4v) is 2.67.